The molecule has 0 saturated carbocycles. The van der Waals surface area contributed by atoms with E-state index >= 15 is 0 Å². The molecule has 1 fully saturated rings. The van der Waals surface area contributed by atoms with Crippen LogP contribution in [0.1, 0.15) is 6.42 Å². The Balaban J connectivity index is 1.85. The summed E-state index contributed by atoms with van der Waals surface area (Å²) in [5.41, 5.74) is 0.846. The van der Waals surface area contributed by atoms with Gasteiger partial charge in [0.1, 0.15) is 24.2 Å². The maximum Gasteiger partial charge on any atom is 0.325 e. The highest BCUT2D eigenvalue weighted by Crippen LogP contribution is 2.28. The number of hydrogen-bond acceptors (Lipinski definition) is 6. The van der Waals surface area contributed by atoms with Crippen molar-refractivity contribution in [2.24, 2.45) is 0 Å². The van der Waals surface area contributed by atoms with Crippen LogP contribution in [-0.2, 0) is 19.1 Å². The number of halogens is 1. The SMILES string of the molecule is COC(=O)CN(C(=S)Nc1ccc(F)cc1)[C@@H]1CC(=O)N(c2ccc(OC)cc2)C1=O. The number of methoxy groups -OCH3 is 2. The van der Waals surface area contributed by atoms with E-state index in [1.807, 2.05) is 0 Å². The summed E-state index contributed by atoms with van der Waals surface area (Å²) < 4.78 is 23.0. The van der Waals surface area contributed by atoms with Gasteiger partial charge in [0.2, 0.25) is 5.91 Å². The first-order chi connectivity index (χ1) is 14.8. The number of benzene rings is 2. The summed E-state index contributed by atoms with van der Waals surface area (Å²) in [6.07, 6.45) is -0.174. The van der Waals surface area contributed by atoms with Gasteiger partial charge in [-0.25, -0.2) is 9.29 Å². The highest BCUT2D eigenvalue weighted by Gasteiger charge is 2.44. The van der Waals surface area contributed by atoms with Gasteiger partial charge in [0.25, 0.3) is 5.91 Å². The van der Waals surface area contributed by atoms with Crippen LogP contribution >= 0.6 is 12.2 Å². The van der Waals surface area contributed by atoms with Gasteiger partial charge in [-0.05, 0) is 60.7 Å². The lowest BCUT2D eigenvalue weighted by Crippen LogP contribution is -2.49. The third-order valence-corrected chi connectivity index (χ3v) is 5.05. The summed E-state index contributed by atoms with van der Waals surface area (Å²) in [7, 11) is 2.72. The Labute approximate surface area is 183 Å². The van der Waals surface area contributed by atoms with E-state index in [0.717, 1.165) is 4.90 Å². The fourth-order valence-corrected chi connectivity index (χ4v) is 3.43. The Kier molecular flexibility index (Phi) is 6.81. The maximum atomic E-state index is 13.2. The van der Waals surface area contributed by atoms with Gasteiger partial charge in [-0.3, -0.25) is 14.4 Å². The van der Waals surface area contributed by atoms with Crippen molar-refractivity contribution in [1.82, 2.24) is 4.90 Å². The minimum atomic E-state index is -1.01. The van der Waals surface area contributed by atoms with Crippen LogP contribution in [0.15, 0.2) is 48.5 Å². The molecular formula is C21H20FN3O5S. The zero-order chi connectivity index (χ0) is 22.5. The minimum absolute atomic E-state index is 0.0275. The molecular weight excluding hydrogens is 425 g/mol. The van der Waals surface area contributed by atoms with Crippen LogP contribution in [0.3, 0.4) is 0 Å². The summed E-state index contributed by atoms with van der Waals surface area (Å²) in [5.74, 6) is -1.43. The van der Waals surface area contributed by atoms with Crippen LogP contribution < -0.4 is 15.0 Å². The van der Waals surface area contributed by atoms with Crippen LogP contribution in [0.2, 0.25) is 0 Å². The molecule has 1 aliphatic heterocycles. The number of nitrogens with zero attached hydrogens (tertiary/aromatic N) is 2. The molecule has 2 aromatic rings. The predicted octanol–water partition coefficient (Wildman–Crippen LogP) is 2.34. The fourth-order valence-electron chi connectivity index (χ4n) is 3.12. The number of amides is 2. The van der Waals surface area contributed by atoms with Crippen molar-refractivity contribution < 1.29 is 28.2 Å². The summed E-state index contributed by atoms with van der Waals surface area (Å²) in [5, 5.41) is 2.89. The molecule has 1 aliphatic rings. The Bertz CT molecular complexity index is 997. The first kappa shape index (κ1) is 22.2. The van der Waals surface area contributed by atoms with Gasteiger partial charge < -0.3 is 19.7 Å². The van der Waals surface area contributed by atoms with Gasteiger partial charge in [0, 0.05) is 5.69 Å². The van der Waals surface area contributed by atoms with Crippen molar-refractivity contribution in [3.05, 3.63) is 54.3 Å². The number of esters is 1. The van der Waals surface area contributed by atoms with Gasteiger partial charge >= 0.3 is 5.97 Å². The van der Waals surface area contributed by atoms with Crippen LogP contribution in [0.25, 0.3) is 0 Å². The van der Waals surface area contributed by atoms with E-state index in [2.05, 4.69) is 5.32 Å². The number of hydrogen-bond donors (Lipinski definition) is 1. The second-order valence-corrected chi connectivity index (χ2v) is 7.01. The van der Waals surface area contributed by atoms with Crippen molar-refractivity contribution in [2.75, 3.05) is 31.0 Å². The molecule has 0 unspecified atom stereocenters. The lowest BCUT2D eigenvalue weighted by atomic mass is 10.2. The van der Waals surface area contributed by atoms with E-state index in [1.54, 1.807) is 24.3 Å². The van der Waals surface area contributed by atoms with Crippen LogP contribution in [-0.4, -0.2) is 54.6 Å². The Morgan fingerprint density at radius 1 is 1.16 bits per heavy atom. The average Bonchev–Trinajstić information content (AvgIpc) is 3.07. The number of carbonyl (C=O) groups excluding carboxylic acids is 3. The van der Waals surface area contributed by atoms with Gasteiger partial charge in [0.15, 0.2) is 5.11 Å². The second-order valence-electron chi connectivity index (χ2n) is 6.63. The van der Waals surface area contributed by atoms with Gasteiger partial charge in [-0.2, -0.15) is 0 Å². The molecule has 0 aliphatic carbocycles. The molecule has 1 N–H and O–H groups in total. The van der Waals surface area contributed by atoms with Gasteiger partial charge in [-0.15, -0.1) is 0 Å². The largest absolute Gasteiger partial charge is 0.497 e. The van der Waals surface area contributed by atoms with Crippen molar-refractivity contribution >= 4 is 46.5 Å². The second kappa shape index (κ2) is 9.52. The molecule has 162 valence electrons. The summed E-state index contributed by atoms with van der Waals surface area (Å²) in [6.45, 7) is -0.344. The molecule has 0 spiro atoms. The summed E-state index contributed by atoms with van der Waals surface area (Å²) >= 11 is 5.39. The molecule has 10 heteroatoms. The molecule has 1 saturated heterocycles. The topological polar surface area (TPSA) is 88.2 Å². The van der Waals surface area contributed by atoms with Crippen LogP contribution in [0.4, 0.5) is 15.8 Å². The predicted molar refractivity (Wildman–Crippen MR) is 115 cm³/mol. The molecule has 2 amide bonds. The number of thiocarbonyl (C=S) groups is 1. The summed E-state index contributed by atoms with van der Waals surface area (Å²) in [6, 6.07) is 10.9. The molecule has 31 heavy (non-hydrogen) atoms. The van der Waals surface area contributed by atoms with Gasteiger partial charge in [0.05, 0.1) is 26.3 Å². The smallest absolute Gasteiger partial charge is 0.325 e. The van der Waals surface area contributed by atoms with Crippen molar-refractivity contribution in [2.45, 2.75) is 12.5 Å². The molecule has 3 rings (SSSR count). The molecule has 2 aromatic carbocycles. The van der Waals surface area contributed by atoms with Crippen molar-refractivity contribution in [1.29, 1.82) is 0 Å². The zero-order valence-electron chi connectivity index (χ0n) is 16.8. The Morgan fingerprint density at radius 2 is 1.81 bits per heavy atom. The third-order valence-electron chi connectivity index (χ3n) is 4.71. The van der Waals surface area contributed by atoms with E-state index < -0.39 is 29.6 Å². The van der Waals surface area contributed by atoms with E-state index in [0.29, 0.717) is 17.1 Å². The van der Waals surface area contributed by atoms with Crippen molar-refractivity contribution in [3.63, 3.8) is 0 Å². The van der Waals surface area contributed by atoms with Crippen LogP contribution in [0.5, 0.6) is 5.75 Å². The standard InChI is InChI=1S/C21H20FN3O5S/c1-29-16-9-7-15(8-10-16)25-18(26)11-17(20(25)28)24(12-19(27)30-2)21(31)23-14-5-3-13(22)4-6-14/h3-10,17H,11-12H2,1-2H3,(H,23,31)/t17-/m1/s1. The van der Waals surface area contributed by atoms with Crippen molar-refractivity contribution in [3.8, 4) is 5.75 Å². The minimum Gasteiger partial charge on any atom is -0.497 e. The molecule has 8 nitrogen and oxygen atoms in total. The number of rotatable bonds is 6. The lowest BCUT2D eigenvalue weighted by molar-refractivity contribution is -0.141. The molecule has 0 radical (unpaired) electrons. The van der Waals surface area contributed by atoms with Gasteiger partial charge in [-0.1, -0.05) is 0 Å². The van der Waals surface area contributed by atoms with E-state index in [9.17, 15) is 18.8 Å². The summed E-state index contributed by atoms with van der Waals surface area (Å²) in [4.78, 5) is 40.1. The maximum absolute atomic E-state index is 13.2. The quantitative estimate of drug-likeness (QED) is 0.412. The first-order valence-corrected chi connectivity index (χ1v) is 9.65. The third kappa shape index (κ3) is 4.97. The molecule has 0 bridgehead atoms. The number of carbonyl (C=O) groups is 3. The van der Waals surface area contributed by atoms with E-state index in [-0.39, 0.29) is 18.1 Å². The van der Waals surface area contributed by atoms with E-state index in [4.69, 9.17) is 21.7 Å². The zero-order valence-corrected chi connectivity index (χ0v) is 17.6. The highest BCUT2D eigenvalue weighted by molar-refractivity contribution is 7.80. The monoisotopic (exact) mass is 445 g/mol. The normalized spacial score (nSPS) is 15.6. The van der Waals surface area contributed by atoms with E-state index in [1.165, 1.54) is 43.4 Å². The first-order valence-electron chi connectivity index (χ1n) is 9.25. The number of imide groups is 1. The number of anilines is 2. The molecule has 1 atom stereocenters. The Hall–Kier alpha value is -3.53. The fraction of sp³-hybridized carbons (Fsp3) is 0.238. The van der Waals surface area contributed by atoms with Crippen LogP contribution in [0, 0.1) is 5.82 Å². The average molecular weight is 445 g/mol. The number of ether oxygens (including phenoxy) is 2. The molecule has 1 heterocycles. The Morgan fingerprint density at radius 3 is 2.39 bits per heavy atom. The molecule has 0 aromatic heterocycles. The number of nitrogens with one attached hydrogen (secondary N) is 1. The lowest BCUT2D eigenvalue weighted by Gasteiger charge is -2.29. The highest BCUT2D eigenvalue weighted by atomic mass is 32.1.